The van der Waals surface area contributed by atoms with Gasteiger partial charge in [0.1, 0.15) is 0 Å². The highest BCUT2D eigenvalue weighted by atomic mass is 16.5. The van der Waals surface area contributed by atoms with E-state index < -0.39 is 0 Å². The average Bonchev–Trinajstić information content (AvgIpc) is 2.88. The van der Waals surface area contributed by atoms with Gasteiger partial charge in [-0.3, -0.25) is 9.59 Å². The molecule has 0 radical (unpaired) electrons. The van der Waals surface area contributed by atoms with E-state index in [1.807, 2.05) is 18.2 Å². The summed E-state index contributed by atoms with van der Waals surface area (Å²) in [5, 5.41) is 16.5. The van der Waals surface area contributed by atoms with Crippen molar-refractivity contribution in [2.75, 3.05) is 11.9 Å². The number of nitrogens with one attached hydrogen (secondary N) is 2. The second-order valence-corrected chi connectivity index (χ2v) is 9.31. The second kappa shape index (κ2) is 9.86. The Balaban J connectivity index is 1.17. The normalized spacial score (nSPS) is 20.4. The number of rotatable bonds is 6. The smallest absolute Gasteiger partial charge is 0.263 e. The quantitative estimate of drug-likeness (QED) is 0.501. The summed E-state index contributed by atoms with van der Waals surface area (Å²) < 4.78 is 7.07. The Morgan fingerprint density at radius 3 is 2.77 bits per heavy atom. The number of nitrogens with zero attached hydrogens (tertiary/aromatic N) is 3. The largest absolute Gasteiger partial charge is 0.480 e. The van der Waals surface area contributed by atoms with E-state index in [1.165, 1.54) is 0 Å². The van der Waals surface area contributed by atoms with Gasteiger partial charge >= 0.3 is 0 Å². The molecule has 1 aliphatic heterocycles. The summed E-state index contributed by atoms with van der Waals surface area (Å²) in [4.78, 5) is 28.6. The standard InChI is InChI=1S/C26H28N6O3/c27-12-16-1-2-18-5-10-25(34)32(22(18)11-16)14-21(28)17-3-6-19(7-4-17)29-13-20-8-9-23-26(30-20)31-24(33)15-35-23/h1-2,5,8-11,17,19,21,29H,3-4,6-7,13-15,28H2,(H,30,31,33)/t17-,19-,21-/m1/s1. The van der Waals surface area contributed by atoms with Gasteiger partial charge in [-0.1, -0.05) is 6.07 Å². The van der Waals surface area contributed by atoms with E-state index in [1.54, 1.807) is 28.8 Å². The van der Waals surface area contributed by atoms with Crippen molar-refractivity contribution in [3.8, 4) is 11.8 Å². The fourth-order valence-corrected chi connectivity index (χ4v) is 5.01. The molecule has 1 aliphatic carbocycles. The first kappa shape index (κ1) is 23.0. The summed E-state index contributed by atoms with van der Waals surface area (Å²) in [5.41, 5.74) is 8.62. The van der Waals surface area contributed by atoms with Crippen molar-refractivity contribution in [3.05, 3.63) is 64.1 Å². The maximum absolute atomic E-state index is 12.6. The predicted molar refractivity (Wildman–Crippen MR) is 132 cm³/mol. The summed E-state index contributed by atoms with van der Waals surface area (Å²) >= 11 is 0. The van der Waals surface area contributed by atoms with Crippen LogP contribution in [0.25, 0.3) is 10.9 Å². The number of anilines is 1. The molecule has 1 fully saturated rings. The molecule has 3 heterocycles. The lowest BCUT2D eigenvalue weighted by atomic mass is 9.81. The molecule has 2 aromatic heterocycles. The summed E-state index contributed by atoms with van der Waals surface area (Å²) in [6.45, 7) is 1.06. The van der Waals surface area contributed by atoms with Crippen LogP contribution < -0.4 is 26.7 Å². The number of ether oxygens (including phenoxy) is 1. The number of amides is 1. The highest BCUT2D eigenvalue weighted by Gasteiger charge is 2.26. The molecule has 35 heavy (non-hydrogen) atoms. The molecule has 3 aromatic rings. The molecule has 1 aromatic carbocycles. The first-order chi connectivity index (χ1) is 17.0. The monoisotopic (exact) mass is 472 g/mol. The molecule has 4 N–H and O–H groups in total. The van der Waals surface area contributed by atoms with Crippen LogP contribution in [-0.4, -0.2) is 34.1 Å². The van der Waals surface area contributed by atoms with Gasteiger partial charge in [0.15, 0.2) is 18.2 Å². The summed E-state index contributed by atoms with van der Waals surface area (Å²) in [7, 11) is 0. The molecular weight excluding hydrogens is 444 g/mol. The van der Waals surface area contributed by atoms with Gasteiger partial charge in [0, 0.05) is 31.2 Å². The molecule has 1 amide bonds. The van der Waals surface area contributed by atoms with Crippen molar-refractivity contribution in [2.45, 2.75) is 50.9 Å². The van der Waals surface area contributed by atoms with Gasteiger partial charge in [-0.05, 0) is 67.3 Å². The van der Waals surface area contributed by atoms with Crippen LogP contribution in [0.5, 0.6) is 5.75 Å². The fraction of sp³-hybridized carbons (Fsp3) is 0.385. The number of benzene rings is 1. The van der Waals surface area contributed by atoms with Gasteiger partial charge < -0.3 is 25.7 Å². The zero-order chi connectivity index (χ0) is 24.4. The third-order valence-corrected chi connectivity index (χ3v) is 7.00. The molecule has 9 heteroatoms. The van der Waals surface area contributed by atoms with Crippen molar-refractivity contribution in [1.29, 1.82) is 5.26 Å². The number of hydrogen-bond donors (Lipinski definition) is 3. The highest BCUT2D eigenvalue weighted by molar-refractivity contribution is 5.94. The Bertz CT molecular complexity index is 1350. The Hall–Kier alpha value is -3.74. The molecule has 2 aliphatic rings. The summed E-state index contributed by atoms with van der Waals surface area (Å²) in [6.07, 6.45) is 3.94. The first-order valence-electron chi connectivity index (χ1n) is 12.0. The van der Waals surface area contributed by atoms with Crippen LogP contribution in [0.2, 0.25) is 0 Å². The molecule has 0 spiro atoms. The number of carbonyl (C=O) groups excluding carboxylic acids is 1. The lowest BCUT2D eigenvalue weighted by Gasteiger charge is -2.33. The number of aromatic nitrogens is 2. The van der Waals surface area contributed by atoms with Crippen molar-refractivity contribution >= 4 is 22.6 Å². The number of fused-ring (bicyclic) bond motifs is 2. The summed E-state index contributed by atoms with van der Waals surface area (Å²) in [5.74, 6) is 1.20. The minimum absolute atomic E-state index is 0.0215. The van der Waals surface area contributed by atoms with Gasteiger partial charge in [0.2, 0.25) is 0 Å². The predicted octanol–water partition coefficient (Wildman–Crippen LogP) is 2.27. The van der Waals surface area contributed by atoms with E-state index in [9.17, 15) is 14.9 Å². The number of pyridine rings is 2. The molecule has 0 unspecified atom stereocenters. The Kier molecular flexibility index (Phi) is 6.49. The second-order valence-electron chi connectivity index (χ2n) is 9.31. The molecule has 0 bridgehead atoms. The molecule has 9 nitrogen and oxygen atoms in total. The van der Waals surface area contributed by atoms with Crippen LogP contribution >= 0.6 is 0 Å². The third kappa shape index (κ3) is 5.04. The number of hydrogen-bond acceptors (Lipinski definition) is 7. The first-order valence-corrected chi connectivity index (χ1v) is 12.0. The SMILES string of the molecule is N#Cc1ccc2ccc(=O)n(C[C@@H](N)[C@H]3CC[C@H](NCc4ccc5c(n4)NC(=O)CO5)CC3)c2c1. The van der Waals surface area contributed by atoms with Gasteiger partial charge in [0.05, 0.1) is 22.8 Å². The Morgan fingerprint density at radius 2 is 1.97 bits per heavy atom. The van der Waals surface area contributed by atoms with E-state index >= 15 is 0 Å². The van der Waals surface area contributed by atoms with Crippen molar-refractivity contribution in [3.63, 3.8) is 0 Å². The van der Waals surface area contributed by atoms with Crippen LogP contribution in [0.15, 0.2) is 47.3 Å². The minimum Gasteiger partial charge on any atom is -0.480 e. The van der Waals surface area contributed by atoms with Crippen LogP contribution in [0.4, 0.5) is 5.82 Å². The van der Waals surface area contributed by atoms with Crippen LogP contribution in [0.1, 0.15) is 36.9 Å². The van der Waals surface area contributed by atoms with Crippen LogP contribution in [0, 0.1) is 17.2 Å². The van der Waals surface area contributed by atoms with Gasteiger partial charge in [0.25, 0.3) is 11.5 Å². The molecular formula is C26H28N6O3. The lowest BCUT2D eigenvalue weighted by molar-refractivity contribution is -0.118. The van der Waals surface area contributed by atoms with E-state index in [2.05, 4.69) is 21.7 Å². The van der Waals surface area contributed by atoms with E-state index in [4.69, 9.17) is 10.5 Å². The minimum atomic E-state index is -0.193. The molecule has 180 valence electrons. The van der Waals surface area contributed by atoms with Crippen molar-refractivity contribution in [1.82, 2.24) is 14.9 Å². The zero-order valence-corrected chi connectivity index (χ0v) is 19.4. The zero-order valence-electron chi connectivity index (χ0n) is 19.4. The van der Waals surface area contributed by atoms with E-state index in [-0.39, 0.29) is 24.1 Å². The molecule has 0 saturated heterocycles. The van der Waals surface area contributed by atoms with Gasteiger partial charge in [-0.2, -0.15) is 5.26 Å². The van der Waals surface area contributed by atoms with Crippen LogP contribution in [0.3, 0.4) is 0 Å². The topological polar surface area (TPSA) is 135 Å². The lowest BCUT2D eigenvalue weighted by Crippen LogP contribution is -2.42. The third-order valence-electron chi connectivity index (χ3n) is 7.00. The molecule has 1 atom stereocenters. The van der Waals surface area contributed by atoms with Crippen molar-refractivity contribution in [2.24, 2.45) is 11.7 Å². The highest BCUT2D eigenvalue weighted by Crippen LogP contribution is 2.28. The Labute approximate surface area is 202 Å². The Morgan fingerprint density at radius 1 is 1.17 bits per heavy atom. The number of nitriles is 1. The van der Waals surface area contributed by atoms with Crippen LogP contribution in [-0.2, 0) is 17.9 Å². The number of carbonyl (C=O) groups is 1. The summed E-state index contributed by atoms with van der Waals surface area (Å²) in [6, 6.07) is 14.8. The van der Waals surface area contributed by atoms with Crippen molar-refractivity contribution < 1.29 is 9.53 Å². The van der Waals surface area contributed by atoms with Gasteiger partial charge in [-0.25, -0.2) is 4.98 Å². The van der Waals surface area contributed by atoms with E-state index in [0.717, 1.165) is 42.3 Å². The molecule has 5 rings (SSSR count). The maximum Gasteiger partial charge on any atom is 0.263 e. The fourth-order valence-electron chi connectivity index (χ4n) is 5.01. The molecule has 1 saturated carbocycles. The van der Waals surface area contributed by atoms with Gasteiger partial charge in [-0.15, -0.1) is 0 Å². The van der Waals surface area contributed by atoms with E-state index in [0.29, 0.717) is 42.2 Å². The average molecular weight is 473 g/mol. The maximum atomic E-state index is 12.6. The number of nitrogens with two attached hydrogens (primary N) is 1.